The van der Waals surface area contributed by atoms with E-state index in [-0.39, 0.29) is 29.8 Å². The first-order chi connectivity index (χ1) is 6.87. The summed E-state index contributed by atoms with van der Waals surface area (Å²) in [5.74, 6) is 0. The Morgan fingerprint density at radius 3 is 2.47 bits per heavy atom. The number of hydrogen-bond donors (Lipinski definition) is 1. The van der Waals surface area contributed by atoms with Crippen LogP contribution < -0.4 is 5.32 Å². The van der Waals surface area contributed by atoms with Crippen LogP contribution in [0.3, 0.4) is 0 Å². The second-order valence-electron chi connectivity index (χ2n) is 4.93. The Hall–Kier alpha value is -0.770. The van der Waals surface area contributed by atoms with Gasteiger partial charge >= 0.3 is 6.09 Å². The average Bonchev–Trinajstić information content (AvgIpc) is 2.10. The number of methoxy groups -OCH3 is 1. The molecule has 0 aromatic rings. The van der Waals surface area contributed by atoms with Gasteiger partial charge < -0.3 is 14.8 Å². The smallest absolute Gasteiger partial charge is 0.407 e. The van der Waals surface area contributed by atoms with Crippen molar-refractivity contribution in [1.82, 2.24) is 5.32 Å². The lowest BCUT2D eigenvalue weighted by molar-refractivity contribution is -0.0960. The van der Waals surface area contributed by atoms with E-state index in [1.54, 1.807) is 7.11 Å². The largest absolute Gasteiger partial charge is 0.447 e. The molecule has 0 spiro atoms. The molecule has 4 heteroatoms. The minimum absolute atomic E-state index is 0.00918. The lowest BCUT2D eigenvalue weighted by atomic mass is 9.64. The lowest BCUT2D eigenvalue weighted by Crippen LogP contribution is -2.61. The van der Waals surface area contributed by atoms with Crippen LogP contribution in [0.4, 0.5) is 4.79 Å². The number of nitrogens with one attached hydrogen (secondary N) is 1. The Kier molecular flexibility index (Phi) is 3.60. The Balaban J connectivity index is 2.39. The highest BCUT2D eigenvalue weighted by atomic mass is 16.6. The van der Waals surface area contributed by atoms with Crippen molar-refractivity contribution in [2.45, 2.75) is 52.4 Å². The molecule has 0 aromatic heterocycles. The second-order valence-corrected chi connectivity index (χ2v) is 4.93. The predicted molar refractivity (Wildman–Crippen MR) is 57.7 cm³/mol. The van der Waals surface area contributed by atoms with Crippen molar-refractivity contribution in [2.24, 2.45) is 5.41 Å². The van der Waals surface area contributed by atoms with Gasteiger partial charge in [-0.1, -0.05) is 13.8 Å². The second kappa shape index (κ2) is 4.39. The topological polar surface area (TPSA) is 47.6 Å². The number of carbonyl (C=O) groups is 1. The van der Waals surface area contributed by atoms with Crippen LogP contribution in [0.15, 0.2) is 0 Å². The van der Waals surface area contributed by atoms with E-state index in [0.29, 0.717) is 0 Å². The molecule has 1 aliphatic carbocycles. The summed E-state index contributed by atoms with van der Waals surface area (Å²) in [4.78, 5) is 11.4. The number of rotatable bonds is 3. The molecule has 0 radical (unpaired) electrons. The summed E-state index contributed by atoms with van der Waals surface area (Å²) in [6.45, 7) is 7.85. The number of ether oxygens (including phenoxy) is 2. The van der Waals surface area contributed by atoms with Crippen molar-refractivity contribution in [3.05, 3.63) is 0 Å². The lowest BCUT2D eigenvalue weighted by Gasteiger charge is -2.50. The molecule has 0 aromatic carbocycles. The van der Waals surface area contributed by atoms with E-state index in [2.05, 4.69) is 19.2 Å². The van der Waals surface area contributed by atoms with Crippen molar-refractivity contribution in [1.29, 1.82) is 0 Å². The van der Waals surface area contributed by atoms with E-state index in [0.717, 1.165) is 6.42 Å². The van der Waals surface area contributed by atoms with E-state index in [1.165, 1.54) is 0 Å². The first-order valence-corrected chi connectivity index (χ1v) is 5.38. The molecular formula is C11H21NO3. The Labute approximate surface area is 91.3 Å². The van der Waals surface area contributed by atoms with Gasteiger partial charge in [-0.3, -0.25) is 0 Å². The number of alkyl carbamates (subject to hydrolysis) is 1. The van der Waals surface area contributed by atoms with Crippen LogP contribution in [-0.2, 0) is 9.47 Å². The maximum absolute atomic E-state index is 11.4. The summed E-state index contributed by atoms with van der Waals surface area (Å²) in [6.07, 6.45) is 0.669. The van der Waals surface area contributed by atoms with E-state index >= 15 is 0 Å². The van der Waals surface area contributed by atoms with Gasteiger partial charge in [0, 0.05) is 18.6 Å². The highest BCUT2D eigenvalue weighted by Crippen LogP contribution is 2.42. The molecule has 1 fully saturated rings. The molecule has 0 heterocycles. The van der Waals surface area contributed by atoms with Crippen molar-refractivity contribution in [2.75, 3.05) is 7.11 Å². The van der Waals surface area contributed by atoms with Gasteiger partial charge in [0.25, 0.3) is 0 Å². The van der Waals surface area contributed by atoms with Crippen LogP contribution in [0.5, 0.6) is 0 Å². The standard InChI is InChI=1S/C11H21NO3/c1-7(2)15-10(13)12-8-6-9(14-5)11(8,3)4/h7-9H,6H2,1-5H3,(H,12,13). The van der Waals surface area contributed by atoms with Gasteiger partial charge in [0.05, 0.1) is 12.2 Å². The van der Waals surface area contributed by atoms with E-state index in [1.807, 2.05) is 13.8 Å². The summed E-state index contributed by atoms with van der Waals surface area (Å²) in [5, 5.41) is 2.86. The number of carbonyl (C=O) groups excluding carboxylic acids is 1. The molecule has 88 valence electrons. The summed E-state index contributed by atoms with van der Waals surface area (Å²) in [5.41, 5.74) is -0.00918. The Bertz CT molecular complexity index is 238. The van der Waals surface area contributed by atoms with Gasteiger partial charge in [0.15, 0.2) is 0 Å². The van der Waals surface area contributed by atoms with Crippen LogP contribution in [0.25, 0.3) is 0 Å². The SMILES string of the molecule is COC1CC(NC(=O)OC(C)C)C1(C)C. The van der Waals surface area contributed by atoms with Crippen LogP contribution >= 0.6 is 0 Å². The molecule has 15 heavy (non-hydrogen) atoms. The molecule has 0 aliphatic heterocycles. The van der Waals surface area contributed by atoms with Gasteiger partial charge in [0.2, 0.25) is 0 Å². The van der Waals surface area contributed by atoms with Gasteiger partial charge in [-0.05, 0) is 20.3 Å². The van der Waals surface area contributed by atoms with Gasteiger partial charge in [-0.2, -0.15) is 0 Å². The third-order valence-electron chi connectivity index (χ3n) is 3.10. The average molecular weight is 215 g/mol. The van der Waals surface area contributed by atoms with Crippen LogP contribution in [0.1, 0.15) is 34.1 Å². The first kappa shape index (κ1) is 12.3. The Morgan fingerprint density at radius 2 is 2.07 bits per heavy atom. The molecule has 1 N–H and O–H groups in total. The fourth-order valence-corrected chi connectivity index (χ4v) is 1.92. The van der Waals surface area contributed by atoms with Crippen molar-refractivity contribution >= 4 is 6.09 Å². The Morgan fingerprint density at radius 1 is 1.47 bits per heavy atom. The fourth-order valence-electron chi connectivity index (χ4n) is 1.92. The van der Waals surface area contributed by atoms with Crippen LogP contribution in [0.2, 0.25) is 0 Å². The minimum Gasteiger partial charge on any atom is -0.447 e. The molecule has 1 saturated carbocycles. The molecule has 1 aliphatic rings. The summed E-state index contributed by atoms with van der Waals surface area (Å²) in [6, 6.07) is 0.147. The van der Waals surface area contributed by atoms with E-state index in [4.69, 9.17) is 9.47 Å². The van der Waals surface area contributed by atoms with Crippen LogP contribution in [-0.4, -0.2) is 31.5 Å². The normalized spacial score (nSPS) is 28.4. The van der Waals surface area contributed by atoms with E-state index in [9.17, 15) is 4.79 Å². The zero-order valence-electron chi connectivity index (χ0n) is 10.2. The molecule has 1 amide bonds. The zero-order chi connectivity index (χ0) is 11.6. The minimum atomic E-state index is -0.336. The van der Waals surface area contributed by atoms with Crippen molar-refractivity contribution in [3.8, 4) is 0 Å². The third-order valence-corrected chi connectivity index (χ3v) is 3.10. The van der Waals surface area contributed by atoms with Gasteiger partial charge in [-0.25, -0.2) is 4.79 Å². The first-order valence-electron chi connectivity index (χ1n) is 5.38. The molecule has 0 saturated heterocycles. The highest BCUT2D eigenvalue weighted by Gasteiger charge is 2.49. The monoisotopic (exact) mass is 215 g/mol. The third kappa shape index (κ3) is 2.62. The van der Waals surface area contributed by atoms with Crippen LogP contribution in [0, 0.1) is 5.41 Å². The molecule has 2 unspecified atom stereocenters. The quantitative estimate of drug-likeness (QED) is 0.782. The van der Waals surface area contributed by atoms with E-state index < -0.39 is 0 Å². The van der Waals surface area contributed by atoms with Gasteiger partial charge in [0.1, 0.15) is 0 Å². The molecule has 0 bridgehead atoms. The summed E-state index contributed by atoms with van der Waals surface area (Å²) < 4.78 is 10.3. The zero-order valence-corrected chi connectivity index (χ0v) is 10.2. The van der Waals surface area contributed by atoms with Crippen molar-refractivity contribution in [3.63, 3.8) is 0 Å². The molecule has 4 nitrogen and oxygen atoms in total. The molecule has 1 rings (SSSR count). The highest BCUT2D eigenvalue weighted by molar-refractivity contribution is 5.68. The number of hydrogen-bond acceptors (Lipinski definition) is 3. The maximum Gasteiger partial charge on any atom is 0.407 e. The summed E-state index contributed by atoms with van der Waals surface area (Å²) >= 11 is 0. The summed E-state index contributed by atoms with van der Waals surface area (Å²) in [7, 11) is 1.70. The molecule has 2 atom stereocenters. The molecular weight excluding hydrogens is 194 g/mol. The maximum atomic E-state index is 11.4. The fraction of sp³-hybridized carbons (Fsp3) is 0.909. The van der Waals surface area contributed by atoms with Crippen molar-refractivity contribution < 1.29 is 14.3 Å². The predicted octanol–water partition coefficient (Wildman–Crippen LogP) is 1.93. The number of amides is 1. The van der Waals surface area contributed by atoms with Gasteiger partial charge in [-0.15, -0.1) is 0 Å².